The van der Waals surface area contributed by atoms with Crippen LogP contribution in [0.3, 0.4) is 0 Å². The Morgan fingerprint density at radius 2 is 2.00 bits per heavy atom. The van der Waals surface area contributed by atoms with E-state index in [1.165, 1.54) is 18.2 Å². The van der Waals surface area contributed by atoms with Gasteiger partial charge in [-0.05, 0) is 30.3 Å². The fourth-order valence-electron chi connectivity index (χ4n) is 2.21. The van der Waals surface area contributed by atoms with E-state index in [0.717, 1.165) is 11.3 Å². The Hall–Kier alpha value is -2.46. The maximum atomic E-state index is 12.4. The van der Waals surface area contributed by atoms with Crippen molar-refractivity contribution in [1.82, 2.24) is 4.98 Å². The van der Waals surface area contributed by atoms with Crippen molar-refractivity contribution in [2.75, 3.05) is 11.5 Å². The maximum absolute atomic E-state index is 12.4. The van der Waals surface area contributed by atoms with Crippen LogP contribution in [0.5, 0.6) is 0 Å². The van der Waals surface area contributed by atoms with Gasteiger partial charge in [0, 0.05) is 16.0 Å². The van der Waals surface area contributed by atoms with Crippen molar-refractivity contribution in [3.8, 4) is 11.3 Å². The summed E-state index contributed by atoms with van der Waals surface area (Å²) in [5, 5.41) is 10.8. The predicted octanol–water partition coefficient (Wildman–Crippen LogP) is 3.37. The van der Waals surface area contributed by atoms with Gasteiger partial charge in [0.05, 0.1) is 16.2 Å². The Bertz CT molecular complexity index is 1080. The number of halogens is 1. The highest BCUT2D eigenvalue weighted by atomic mass is 35.5. The molecule has 1 aromatic heterocycles. The van der Waals surface area contributed by atoms with Crippen molar-refractivity contribution < 1.29 is 23.1 Å². The largest absolute Gasteiger partial charge is 0.435 e. The first-order chi connectivity index (χ1) is 12.9. The van der Waals surface area contributed by atoms with E-state index in [2.05, 4.69) is 14.4 Å². The summed E-state index contributed by atoms with van der Waals surface area (Å²) < 4.78 is 31.8. The number of hydrogen-bond donors (Lipinski definition) is 2. The first-order valence-corrected chi connectivity index (χ1v) is 10.3. The highest BCUT2D eigenvalue weighted by molar-refractivity contribution is 7.93. The smallest absolute Gasteiger partial charge is 0.340 e. The van der Waals surface area contributed by atoms with Crippen molar-refractivity contribution in [1.29, 1.82) is 0 Å². The van der Waals surface area contributed by atoms with Crippen molar-refractivity contribution in [3.05, 3.63) is 64.5 Å². The van der Waals surface area contributed by atoms with Crippen molar-refractivity contribution in [2.24, 2.45) is 0 Å². The number of benzene rings is 2. The predicted molar refractivity (Wildman–Crippen MR) is 102 cm³/mol. The van der Waals surface area contributed by atoms with E-state index < -0.39 is 22.8 Å². The zero-order valence-corrected chi connectivity index (χ0v) is 16.0. The van der Waals surface area contributed by atoms with Crippen molar-refractivity contribution in [3.63, 3.8) is 0 Å². The lowest BCUT2D eigenvalue weighted by atomic mass is 10.1. The van der Waals surface area contributed by atoms with Crippen LogP contribution < -0.4 is 4.72 Å². The average Bonchev–Trinajstić information content (AvgIpc) is 3.10. The van der Waals surface area contributed by atoms with E-state index in [0.29, 0.717) is 16.3 Å². The monoisotopic (exact) mass is 424 g/mol. The Kier molecular flexibility index (Phi) is 5.76. The van der Waals surface area contributed by atoms with Crippen LogP contribution in [-0.4, -0.2) is 31.3 Å². The number of nitrogens with zero attached hydrogens (tertiary/aromatic N) is 1. The van der Waals surface area contributed by atoms with Gasteiger partial charge in [0.25, 0.3) is 10.0 Å². The van der Waals surface area contributed by atoms with Gasteiger partial charge in [-0.15, -0.1) is 11.3 Å². The van der Waals surface area contributed by atoms with Gasteiger partial charge in [0.15, 0.2) is 11.9 Å². The molecular formula is C17H13ClN2O5S2. The summed E-state index contributed by atoms with van der Waals surface area (Å²) in [5.41, 5.74) is 1.34. The second kappa shape index (κ2) is 8.05. The first kappa shape index (κ1) is 19.3. The molecule has 0 atom stereocenters. The van der Waals surface area contributed by atoms with Crippen LogP contribution in [0, 0.1) is 0 Å². The summed E-state index contributed by atoms with van der Waals surface area (Å²) in [4.78, 5) is 16.0. The number of aliphatic hydroxyl groups excluding tert-OH is 1. The van der Waals surface area contributed by atoms with Gasteiger partial charge in [0.1, 0.15) is 0 Å². The highest BCUT2D eigenvalue weighted by Gasteiger charge is 2.17. The molecule has 0 spiro atoms. The van der Waals surface area contributed by atoms with Crippen LogP contribution >= 0.6 is 22.9 Å². The number of sulfonamides is 1. The summed E-state index contributed by atoms with van der Waals surface area (Å²) in [6, 6.07) is 12.3. The summed E-state index contributed by atoms with van der Waals surface area (Å²) in [6.45, 7) is -0.713. The number of ether oxygens (including phenoxy) is 1. The van der Waals surface area contributed by atoms with E-state index in [-0.39, 0.29) is 15.6 Å². The second-order valence-corrected chi connectivity index (χ2v) is 8.22. The number of nitrogens with one attached hydrogen (secondary N) is 1. The molecule has 7 nitrogen and oxygen atoms in total. The minimum atomic E-state index is -3.82. The number of aliphatic hydroxyl groups is 1. The SMILES string of the molecule is O=C(OCO)c1cccc(-c2csc(NS(=O)(=O)c3cccc(Cl)c3)n2)c1. The molecule has 0 aliphatic carbocycles. The Morgan fingerprint density at radius 1 is 1.22 bits per heavy atom. The molecule has 0 amide bonds. The molecule has 1 heterocycles. The molecule has 0 aliphatic heterocycles. The van der Waals surface area contributed by atoms with Crippen molar-refractivity contribution in [2.45, 2.75) is 4.90 Å². The fourth-order valence-corrected chi connectivity index (χ4v) is 4.48. The molecule has 0 saturated carbocycles. The second-order valence-electron chi connectivity index (χ2n) is 5.24. The molecule has 0 aliphatic rings. The molecule has 0 saturated heterocycles. The van der Waals surface area contributed by atoms with Gasteiger partial charge >= 0.3 is 5.97 Å². The Labute approximate surface area is 164 Å². The van der Waals surface area contributed by atoms with Crippen LogP contribution in [0.1, 0.15) is 10.4 Å². The minimum Gasteiger partial charge on any atom is -0.435 e. The average molecular weight is 425 g/mol. The first-order valence-electron chi connectivity index (χ1n) is 7.51. The number of carbonyl (C=O) groups excluding carboxylic acids is 1. The van der Waals surface area contributed by atoms with Gasteiger partial charge in [-0.3, -0.25) is 4.72 Å². The summed E-state index contributed by atoms with van der Waals surface area (Å²) >= 11 is 6.95. The van der Waals surface area contributed by atoms with Crippen LogP contribution in [-0.2, 0) is 14.8 Å². The van der Waals surface area contributed by atoms with Gasteiger partial charge in [0.2, 0.25) is 0 Å². The number of aromatic nitrogens is 1. The molecule has 0 bridgehead atoms. The third-order valence-corrected chi connectivity index (χ3v) is 5.88. The van der Waals surface area contributed by atoms with E-state index in [1.807, 2.05) is 0 Å². The van der Waals surface area contributed by atoms with Crippen LogP contribution in [0.4, 0.5) is 5.13 Å². The summed E-state index contributed by atoms with van der Waals surface area (Å²) in [7, 11) is -3.82. The molecule has 140 valence electrons. The molecule has 0 fully saturated rings. The van der Waals surface area contributed by atoms with Gasteiger partial charge in [-0.25, -0.2) is 18.2 Å². The number of anilines is 1. The van der Waals surface area contributed by atoms with E-state index >= 15 is 0 Å². The number of rotatable bonds is 6. The van der Waals surface area contributed by atoms with E-state index in [4.69, 9.17) is 16.7 Å². The van der Waals surface area contributed by atoms with E-state index in [1.54, 1.807) is 35.7 Å². The minimum absolute atomic E-state index is 0.0282. The zero-order chi connectivity index (χ0) is 19.4. The Balaban J connectivity index is 1.83. The van der Waals surface area contributed by atoms with Gasteiger partial charge in [-0.2, -0.15) is 0 Å². The number of carbonyl (C=O) groups is 1. The normalized spacial score (nSPS) is 11.2. The molecule has 0 radical (unpaired) electrons. The molecule has 3 aromatic rings. The van der Waals surface area contributed by atoms with E-state index in [9.17, 15) is 13.2 Å². The lowest BCUT2D eigenvalue weighted by Gasteiger charge is -2.05. The Morgan fingerprint density at radius 3 is 2.74 bits per heavy atom. The lowest BCUT2D eigenvalue weighted by molar-refractivity contribution is 0.00684. The van der Waals surface area contributed by atoms with Crippen LogP contribution in [0.25, 0.3) is 11.3 Å². The summed E-state index contributed by atoms with van der Waals surface area (Å²) in [6.07, 6.45) is 0. The third kappa shape index (κ3) is 4.64. The van der Waals surface area contributed by atoms with Gasteiger partial charge < -0.3 is 9.84 Å². The zero-order valence-electron chi connectivity index (χ0n) is 13.6. The standard InChI is InChI=1S/C17H13ClN2O5S2/c18-13-5-2-6-14(8-13)27(23,24)20-17-19-15(9-26-17)11-3-1-4-12(7-11)16(22)25-10-21/h1-9,21H,10H2,(H,19,20). The highest BCUT2D eigenvalue weighted by Crippen LogP contribution is 2.27. The molecule has 10 heteroatoms. The molecule has 0 unspecified atom stereocenters. The maximum Gasteiger partial charge on any atom is 0.340 e. The third-order valence-electron chi connectivity index (χ3n) is 3.42. The topological polar surface area (TPSA) is 106 Å². The quantitative estimate of drug-likeness (QED) is 0.464. The van der Waals surface area contributed by atoms with Crippen molar-refractivity contribution >= 4 is 44.1 Å². The molecule has 3 rings (SSSR count). The number of esters is 1. The van der Waals surface area contributed by atoms with Crippen LogP contribution in [0.15, 0.2) is 58.8 Å². The fraction of sp³-hybridized carbons (Fsp3) is 0.0588. The van der Waals surface area contributed by atoms with Gasteiger partial charge in [-0.1, -0.05) is 29.8 Å². The number of thiazole rings is 1. The molecule has 2 N–H and O–H groups in total. The van der Waals surface area contributed by atoms with Crippen LogP contribution in [0.2, 0.25) is 5.02 Å². The molecule has 27 heavy (non-hydrogen) atoms. The lowest BCUT2D eigenvalue weighted by Crippen LogP contribution is -2.12. The molecule has 2 aromatic carbocycles. The summed E-state index contributed by atoms with van der Waals surface area (Å²) in [5.74, 6) is -0.670. The molecular weight excluding hydrogens is 412 g/mol. The number of hydrogen-bond acceptors (Lipinski definition) is 7.